The van der Waals surface area contributed by atoms with Gasteiger partial charge >= 0.3 is 0 Å². The fourth-order valence-corrected chi connectivity index (χ4v) is 8.13. The first-order valence-corrected chi connectivity index (χ1v) is 15.9. The second-order valence-corrected chi connectivity index (χ2v) is 13.1. The Balaban J connectivity index is 1.33. The Morgan fingerprint density at radius 1 is 0.676 bits per heavy atom. The van der Waals surface area contributed by atoms with Crippen molar-refractivity contribution < 1.29 is 18.0 Å². The van der Waals surface area contributed by atoms with E-state index in [4.69, 9.17) is 0 Å². The number of benzene rings is 1. The van der Waals surface area contributed by atoms with E-state index in [0.717, 1.165) is 83.2 Å². The van der Waals surface area contributed by atoms with E-state index >= 15 is 0 Å². The van der Waals surface area contributed by atoms with Crippen molar-refractivity contribution in [3.05, 3.63) is 23.8 Å². The molecule has 1 aromatic rings. The van der Waals surface area contributed by atoms with Gasteiger partial charge in [-0.3, -0.25) is 9.59 Å². The number of nitrogens with zero attached hydrogens (tertiary/aromatic N) is 4. The van der Waals surface area contributed by atoms with Crippen LogP contribution >= 0.6 is 0 Å². The summed E-state index contributed by atoms with van der Waals surface area (Å²) in [5.41, 5.74) is 1.16. The van der Waals surface area contributed by atoms with Crippen LogP contribution in [0.1, 0.15) is 81.0 Å². The predicted octanol–water partition coefficient (Wildman–Crippen LogP) is 3.72. The Morgan fingerprint density at radius 3 is 1.86 bits per heavy atom. The molecular formula is C28H42N4O4S. The molecule has 4 aliphatic heterocycles. The van der Waals surface area contributed by atoms with Gasteiger partial charge in [0, 0.05) is 63.8 Å². The summed E-state index contributed by atoms with van der Waals surface area (Å²) in [5.74, 6) is 0.0930. The topological polar surface area (TPSA) is 81.2 Å². The van der Waals surface area contributed by atoms with Gasteiger partial charge in [0.05, 0.1) is 5.69 Å². The molecular weight excluding hydrogens is 488 g/mol. The first-order chi connectivity index (χ1) is 17.9. The first-order valence-electron chi connectivity index (χ1n) is 14.4. The molecule has 0 saturated carbocycles. The summed E-state index contributed by atoms with van der Waals surface area (Å²) in [6, 6.07) is 5.27. The minimum absolute atomic E-state index is 0.0151. The van der Waals surface area contributed by atoms with Gasteiger partial charge in [0.25, 0.3) is 5.91 Å². The quantitative estimate of drug-likeness (QED) is 0.580. The van der Waals surface area contributed by atoms with E-state index in [1.165, 1.54) is 6.42 Å². The van der Waals surface area contributed by atoms with E-state index in [1.54, 1.807) is 21.3 Å². The van der Waals surface area contributed by atoms with Crippen molar-refractivity contribution in [1.82, 2.24) is 14.1 Å². The fraction of sp³-hybridized carbons (Fsp3) is 0.714. The lowest BCUT2D eigenvalue weighted by atomic mass is 9.94. The molecule has 9 heteroatoms. The zero-order chi connectivity index (χ0) is 25.8. The maximum absolute atomic E-state index is 13.8. The van der Waals surface area contributed by atoms with Crippen molar-refractivity contribution in [2.75, 3.05) is 57.3 Å². The molecule has 2 amide bonds. The smallest absolute Gasteiger partial charge is 0.253 e. The minimum Gasteiger partial charge on any atom is -0.370 e. The van der Waals surface area contributed by atoms with Crippen molar-refractivity contribution in [3.8, 4) is 0 Å². The van der Waals surface area contributed by atoms with Gasteiger partial charge in [-0.25, -0.2) is 8.42 Å². The van der Waals surface area contributed by atoms with Crippen LogP contribution in [0.15, 0.2) is 23.1 Å². The summed E-state index contributed by atoms with van der Waals surface area (Å²) < 4.78 is 29.2. The van der Waals surface area contributed by atoms with Crippen molar-refractivity contribution in [2.45, 2.75) is 75.5 Å². The Kier molecular flexibility index (Phi) is 8.39. The van der Waals surface area contributed by atoms with Crippen LogP contribution in [0.25, 0.3) is 0 Å². The SMILES string of the molecule is O=C(c1ccc(N2CCCCC2)c(S(=O)(=O)N2CCCCC2)c1)N1CCC(C(=O)N2CCCCC2)CC1. The number of sulfonamides is 1. The average molecular weight is 531 g/mol. The molecule has 0 aromatic heterocycles. The third kappa shape index (κ3) is 5.82. The zero-order valence-electron chi connectivity index (χ0n) is 22.1. The van der Waals surface area contributed by atoms with Crippen molar-refractivity contribution in [2.24, 2.45) is 5.92 Å². The lowest BCUT2D eigenvalue weighted by Crippen LogP contribution is -2.45. The number of rotatable bonds is 5. The highest BCUT2D eigenvalue weighted by Gasteiger charge is 2.34. The molecule has 204 valence electrons. The number of likely N-dealkylation sites (tertiary alicyclic amines) is 2. The van der Waals surface area contributed by atoms with Gasteiger partial charge in [0.15, 0.2) is 0 Å². The minimum atomic E-state index is -3.69. The van der Waals surface area contributed by atoms with E-state index in [-0.39, 0.29) is 22.6 Å². The summed E-state index contributed by atoms with van der Waals surface area (Å²) in [6.45, 7) is 5.54. The summed E-state index contributed by atoms with van der Waals surface area (Å²) in [7, 11) is -3.69. The standard InChI is InChI=1S/C28H42N4O4S/c33-27(30-16-6-2-7-17-30)23-12-20-31(21-13-23)28(34)24-10-11-25(29-14-4-1-5-15-29)26(22-24)37(35,36)32-18-8-3-9-19-32/h10-11,22-23H,1-9,12-21H2. The third-order valence-corrected chi connectivity index (χ3v) is 10.6. The number of hydrogen-bond donors (Lipinski definition) is 0. The number of piperidine rings is 4. The molecule has 1 aromatic carbocycles. The van der Waals surface area contributed by atoms with Crippen LogP contribution in [0.5, 0.6) is 0 Å². The molecule has 37 heavy (non-hydrogen) atoms. The maximum Gasteiger partial charge on any atom is 0.253 e. The highest BCUT2D eigenvalue weighted by Crippen LogP contribution is 2.33. The number of carbonyl (C=O) groups excluding carboxylic acids is 2. The van der Waals surface area contributed by atoms with Crippen LogP contribution in [-0.2, 0) is 14.8 Å². The monoisotopic (exact) mass is 530 g/mol. The molecule has 0 aliphatic carbocycles. The molecule has 4 aliphatic rings. The van der Waals surface area contributed by atoms with Crippen molar-refractivity contribution in [3.63, 3.8) is 0 Å². The molecule has 5 rings (SSSR count). The molecule has 0 spiro atoms. The Labute approximate surface area is 222 Å². The Morgan fingerprint density at radius 2 is 1.24 bits per heavy atom. The number of hydrogen-bond acceptors (Lipinski definition) is 5. The second kappa shape index (κ2) is 11.7. The van der Waals surface area contributed by atoms with Crippen LogP contribution in [0.4, 0.5) is 5.69 Å². The third-order valence-electron chi connectivity index (χ3n) is 8.64. The lowest BCUT2D eigenvalue weighted by Gasteiger charge is -2.36. The zero-order valence-corrected chi connectivity index (χ0v) is 22.9. The Hall–Kier alpha value is -2.13. The van der Waals surface area contributed by atoms with Gasteiger partial charge in [-0.05, 0) is 82.4 Å². The molecule has 0 N–H and O–H groups in total. The van der Waals surface area contributed by atoms with E-state index in [9.17, 15) is 18.0 Å². The van der Waals surface area contributed by atoms with Crippen LogP contribution in [0, 0.1) is 5.92 Å². The van der Waals surface area contributed by atoms with Crippen LogP contribution in [0.3, 0.4) is 0 Å². The average Bonchev–Trinajstić information content (AvgIpc) is 2.97. The Bertz CT molecular complexity index is 1070. The van der Waals surface area contributed by atoms with Crippen LogP contribution in [-0.4, -0.2) is 86.7 Å². The van der Waals surface area contributed by atoms with E-state index < -0.39 is 10.0 Å². The van der Waals surface area contributed by atoms with Crippen molar-refractivity contribution in [1.29, 1.82) is 0 Å². The van der Waals surface area contributed by atoms with Gasteiger partial charge in [-0.2, -0.15) is 4.31 Å². The van der Waals surface area contributed by atoms with Gasteiger partial charge in [-0.15, -0.1) is 0 Å². The molecule has 8 nitrogen and oxygen atoms in total. The van der Waals surface area contributed by atoms with Gasteiger partial charge in [0.2, 0.25) is 15.9 Å². The molecule has 0 radical (unpaired) electrons. The second-order valence-electron chi connectivity index (χ2n) is 11.1. The number of carbonyl (C=O) groups is 2. The molecule has 4 heterocycles. The molecule has 0 unspecified atom stereocenters. The summed E-state index contributed by atoms with van der Waals surface area (Å²) >= 11 is 0. The largest absolute Gasteiger partial charge is 0.370 e. The first kappa shape index (κ1) is 26.5. The van der Waals surface area contributed by atoms with Gasteiger partial charge in [-0.1, -0.05) is 6.42 Å². The highest BCUT2D eigenvalue weighted by molar-refractivity contribution is 7.89. The molecule has 4 saturated heterocycles. The van der Waals surface area contributed by atoms with Gasteiger partial charge in [0.1, 0.15) is 4.90 Å². The van der Waals surface area contributed by atoms with E-state index in [1.807, 2.05) is 11.0 Å². The van der Waals surface area contributed by atoms with Crippen LogP contribution in [0.2, 0.25) is 0 Å². The van der Waals surface area contributed by atoms with E-state index in [0.29, 0.717) is 44.6 Å². The number of amides is 2. The molecule has 4 fully saturated rings. The number of anilines is 1. The lowest BCUT2D eigenvalue weighted by molar-refractivity contribution is -0.137. The normalized spacial score (nSPS) is 22.8. The predicted molar refractivity (Wildman–Crippen MR) is 144 cm³/mol. The maximum atomic E-state index is 13.8. The molecule has 0 atom stereocenters. The summed E-state index contributed by atoms with van der Waals surface area (Å²) in [5, 5.41) is 0. The van der Waals surface area contributed by atoms with Crippen molar-refractivity contribution >= 4 is 27.5 Å². The molecule has 0 bridgehead atoms. The van der Waals surface area contributed by atoms with Crippen LogP contribution < -0.4 is 4.90 Å². The summed E-state index contributed by atoms with van der Waals surface area (Å²) in [4.78, 5) is 32.7. The van der Waals surface area contributed by atoms with Gasteiger partial charge < -0.3 is 14.7 Å². The van der Waals surface area contributed by atoms with E-state index in [2.05, 4.69) is 4.90 Å². The fourth-order valence-electron chi connectivity index (χ4n) is 6.38. The summed E-state index contributed by atoms with van der Waals surface area (Å²) in [6.07, 6.45) is 10.8. The highest BCUT2D eigenvalue weighted by atomic mass is 32.2.